The average Bonchev–Trinajstić information content (AvgIpc) is 3.05. The van der Waals surface area contributed by atoms with Gasteiger partial charge in [0.15, 0.2) is 10.6 Å². The van der Waals surface area contributed by atoms with Gasteiger partial charge in [0.2, 0.25) is 0 Å². The number of nitrogens with one attached hydrogen (secondary N) is 1. The monoisotopic (exact) mass is 307 g/mol. The van der Waals surface area contributed by atoms with Crippen molar-refractivity contribution in [3.8, 4) is 10.7 Å². The van der Waals surface area contributed by atoms with Crippen LogP contribution in [-0.2, 0) is 6.54 Å². The molecule has 3 aromatic rings. The maximum atomic E-state index is 5.34. The van der Waals surface area contributed by atoms with Crippen LogP contribution < -0.4 is 0 Å². The second kappa shape index (κ2) is 5.03. The Labute approximate surface area is 124 Å². The number of hydrogen-bond acceptors (Lipinski definition) is 4. The zero-order valence-corrected chi connectivity index (χ0v) is 13.1. The van der Waals surface area contributed by atoms with E-state index in [1.54, 1.807) is 11.3 Å². The fraction of sp³-hybridized carbons (Fsp3) is 0.231. The lowest BCUT2D eigenvalue weighted by Gasteiger charge is -2.03. The van der Waals surface area contributed by atoms with Gasteiger partial charge in [-0.1, -0.05) is 6.07 Å². The van der Waals surface area contributed by atoms with Gasteiger partial charge in [0.1, 0.15) is 0 Å². The summed E-state index contributed by atoms with van der Waals surface area (Å²) in [7, 11) is 0. The molecule has 6 heteroatoms. The fourth-order valence-electron chi connectivity index (χ4n) is 1.94. The molecule has 0 unspecified atom stereocenters. The van der Waals surface area contributed by atoms with Crippen molar-refractivity contribution in [2.75, 3.05) is 0 Å². The number of rotatable bonds is 3. The zero-order valence-electron chi connectivity index (χ0n) is 10.6. The fourth-order valence-corrected chi connectivity index (χ4v) is 3.90. The van der Waals surface area contributed by atoms with Crippen LogP contribution in [0.4, 0.5) is 0 Å². The molecule has 3 heterocycles. The van der Waals surface area contributed by atoms with Crippen LogP contribution >= 0.6 is 34.9 Å². The van der Waals surface area contributed by atoms with Crippen LogP contribution in [0.1, 0.15) is 15.3 Å². The Bertz CT molecular complexity index is 727. The highest BCUT2D eigenvalue weighted by Crippen LogP contribution is 2.26. The van der Waals surface area contributed by atoms with Crippen molar-refractivity contribution in [3.63, 3.8) is 0 Å². The van der Waals surface area contributed by atoms with Gasteiger partial charge in [-0.2, -0.15) is 5.10 Å². The Kier molecular flexibility index (Phi) is 3.38. The highest BCUT2D eigenvalue weighted by Gasteiger charge is 2.11. The summed E-state index contributed by atoms with van der Waals surface area (Å²) >= 11 is 8.84. The van der Waals surface area contributed by atoms with Crippen LogP contribution in [0.3, 0.4) is 0 Å². The van der Waals surface area contributed by atoms with Gasteiger partial charge >= 0.3 is 0 Å². The summed E-state index contributed by atoms with van der Waals surface area (Å²) in [5.41, 5.74) is 1.34. The van der Waals surface area contributed by atoms with Gasteiger partial charge in [-0.15, -0.1) is 22.7 Å². The molecule has 0 radical (unpaired) electrons. The molecule has 3 aromatic heterocycles. The Morgan fingerprint density at radius 3 is 2.89 bits per heavy atom. The van der Waals surface area contributed by atoms with E-state index in [2.05, 4.69) is 46.1 Å². The molecule has 19 heavy (non-hydrogen) atoms. The van der Waals surface area contributed by atoms with Crippen LogP contribution in [0.5, 0.6) is 0 Å². The predicted molar refractivity (Wildman–Crippen MR) is 83.6 cm³/mol. The van der Waals surface area contributed by atoms with Gasteiger partial charge < -0.3 is 0 Å². The maximum Gasteiger partial charge on any atom is 0.195 e. The van der Waals surface area contributed by atoms with E-state index in [-0.39, 0.29) is 0 Å². The van der Waals surface area contributed by atoms with E-state index in [9.17, 15) is 0 Å². The molecule has 0 bridgehead atoms. The predicted octanol–water partition coefficient (Wildman–Crippen LogP) is 4.40. The molecule has 0 saturated heterocycles. The number of thiophene rings is 2. The van der Waals surface area contributed by atoms with Crippen LogP contribution in [0.2, 0.25) is 0 Å². The van der Waals surface area contributed by atoms with Gasteiger partial charge in [-0.05, 0) is 49.1 Å². The quantitative estimate of drug-likeness (QED) is 0.728. The highest BCUT2D eigenvalue weighted by atomic mass is 32.1. The van der Waals surface area contributed by atoms with Crippen molar-refractivity contribution >= 4 is 34.9 Å². The van der Waals surface area contributed by atoms with Crippen LogP contribution in [-0.4, -0.2) is 14.8 Å². The van der Waals surface area contributed by atoms with Crippen molar-refractivity contribution in [3.05, 3.63) is 43.7 Å². The molecule has 0 spiro atoms. The van der Waals surface area contributed by atoms with E-state index < -0.39 is 0 Å². The largest absolute Gasteiger partial charge is 0.294 e. The lowest BCUT2D eigenvalue weighted by Crippen LogP contribution is -2.00. The first-order valence-corrected chi connectivity index (χ1v) is 8.00. The molecule has 0 aromatic carbocycles. The van der Waals surface area contributed by atoms with Crippen molar-refractivity contribution in [2.24, 2.45) is 0 Å². The minimum Gasteiger partial charge on any atom is -0.294 e. The number of aryl methyl sites for hydroxylation is 2. The maximum absolute atomic E-state index is 5.34. The first kappa shape index (κ1) is 12.8. The first-order valence-electron chi connectivity index (χ1n) is 5.90. The molecule has 0 amide bonds. The minimum atomic E-state index is 0.673. The summed E-state index contributed by atoms with van der Waals surface area (Å²) in [5.74, 6) is 0.920. The van der Waals surface area contributed by atoms with E-state index in [1.807, 2.05) is 17.4 Å². The summed E-state index contributed by atoms with van der Waals surface area (Å²) < 4.78 is 2.73. The molecule has 98 valence electrons. The third-order valence-electron chi connectivity index (χ3n) is 3.03. The van der Waals surface area contributed by atoms with E-state index in [0.717, 1.165) is 17.2 Å². The molecule has 0 aliphatic heterocycles. The molecule has 0 atom stereocenters. The zero-order chi connectivity index (χ0) is 13.4. The van der Waals surface area contributed by atoms with Crippen molar-refractivity contribution in [1.82, 2.24) is 14.8 Å². The SMILES string of the molecule is Cc1cc(Cn2c(-c3cccs3)n[nH]c2=S)sc1C. The summed E-state index contributed by atoms with van der Waals surface area (Å²) in [6, 6.07) is 6.32. The van der Waals surface area contributed by atoms with E-state index in [1.165, 1.54) is 15.3 Å². The van der Waals surface area contributed by atoms with Crippen molar-refractivity contribution in [1.29, 1.82) is 0 Å². The van der Waals surface area contributed by atoms with E-state index >= 15 is 0 Å². The lowest BCUT2D eigenvalue weighted by atomic mass is 10.3. The molecule has 1 N–H and O–H groups in total. The normalized spacial score (nSPS) is 11.1. The van der Waals surface area contributed by atoms with Crippen LogP contribution in [0.25, 0.3) is 10.7 Å². The van der Waals surface area contributed by atoms with E-state index in [4.69, 9.17) is 12.2 Å². The summed E-state index contributed by atoms with van der Waals surface area (Å²) in [4.78, 5) is 3.81. The van der Waals surface area contributed by atoms with Crippen molar-refractivity contribution < 1.29 is 0 Å². The van der Waals surface area contributed by atoms with Gasteiger partial charge in [0.25, 0.3) is 0 Å². The summed E-state index contributed by atoms with van der Waals surface area (Å²) in [5, 5.41) is 9.29. The van der Waals surface area contributed by atoms with Gasteiger partial charge in [-0.3, -0.25) is 9.67 Å². The first-order chi connectivity index (χ1) is 9.15. The van der Waals surface area contributed by atoms with Crippen molar-refractivity contribution in [2.45, 2.75) is 20.4 Å². The lowest BCUT2D eigenvalue weighted by molar-refractivity contribution is 0.803. The highest BCUT2D eigenvalue weighted by molar-refractivity contribution is 7.71. The summed E-state index contributed by atoms with van der Waals surface area (Å²) in [6.45, 7) is 5.07. The third kappa shape index (κ3) is 2.43. The Hall–Kier alpha value is -1.24. The molecule has 3 nitrogen and oxygen atoms in total. The Balaban J connectivity index is 2.01. The number of aromatic nitrogens is 3. The smallest absolute Gasteiger partial charge is 0.195 e. The molecule has 0 aliphatic rings. The Morgan fingerprint density at radius 1 is 1.42 bits per heavy atom. The van der Waals surface area contributed by atoms with Crippen LogP contribution in [0, 0.1) is 18.6 Å². The molecule has 0 fully saturated rings. The molecule has 3 rings (SSSR count). The van der Waals surface area contributed by atoms with Gasteiger partial charge in [-0.25, -0.2) is 0 Å². The number of hydrogen-bond donors (Lipinski definition) is 1. The molecular formula is C13H13N3S3. The summed E-state index contributed by atoms with van der Waals surface area (Å²) in [6.07, 6.45) is 0. The van der Waals surface area contributed by atoms with Gasteiger partial charge in [0, 0.05) is 9.75 Å². The molecular weight excluding hydrogens is 294 g/mol. The molecule has 0 aliphatic carbocycles. The number of aromatic amines is 1. The third-order valence-corrected chi connectivity index (χ3v) is 5.35. The standard InChI is InChI=1S/C13H13N3S3/c1-8-6-10(19-9(8)2)7-16-12(14-15-13(16)17)11-4-3-5-18-11/h3-6H,7H2,1-2H3,(H,15,17). The van der Waals surface area contributed by atoms with Crippen LogP contribution in [0.15, 0.2) is 23.6 Å². The van der Waals surface area contributed by atoms with Gasteiger partial charge in [0.05, 0.1) is 11.4 Å². The second-order valence-electron chi connectivity index (χ2n) is 4.37. The van der Waals surface area contributed by atoms with E-state index in [0.29, 0.717) is 4.77 Å². The topological polar surface area (TPSA) is 33.6 Å². The number of nitrogens with zero attached hydrogens (tertiary/aromatic N) is 2. The minimum absolute atomic E-state index is 0.673. The number of H-pyrrole nitrogens is 1. The second-order valence-corrected chi connectivity index (χ2v) is 7.04. The Morgan fingerprint density at radius 2 is 2.26 bits per heavy atom. The molecule has 0 saturated carbocycles. The average molecular weight is 307 g/mol.